The summed E-state index contributed by atoms with van der Waals surface area (Å²) in [7, 11) is 4.99. The summed E-state index contributed by atoms with van der Waals surface area (Å²) in [5, 5.41) is 3.97. The van der Waals surface area contributed by atoms with Gasteiger partial charge in [-0.25, -0.2) is 9.97 Å². The van der Waals surface area contributed by atoms with Gasteiger partial charge in [0, 0.05) is 42.7 Å². The Hall–Kier alpha value is -4.14. The zero-order chi connectivity index (χ0) is 27.8. The molecule has 0 bridgehead atoms. The summed E-state index contributed by atoms with van der Waals surface area (Å²) in [6.07, 6.45) is -4.43. The number of rotatable bonds is 6. The molecule has 1 N–H and O–H groups in total. The number of anilines is 1. The van der Waals surface area contributed by atoms with E-state index in [1.54, 1.807) is 47.2 Å². The Balaban J connectivity index is 1.79. The van der Waals surface area contributed by atoms with Crippen LogP contribution in [0.2, 0.25) is 0 Å². The third-order valence-corrected chi connectivity index (χ3v) is 6.37. The number of ether oxygens (including phenoxy) is 1. The van der Waals surface area contributed by atoms with Gasteiger partial charge in [-0.2, -0.15) is 13.2 Å². The number of alkyl halides is 3. The van der Waals surface area contributed by atoms with Crippen LogP contribution in [-0.4, -0.2) is 42.0 Å². The number of hydrogen-bond donors (Lipinski definition) is 1. The summed E-state index contributed by atoms with van der Waals surface area (Å²) in [6.45, 7) is 5.42. The number of nitrogens with one attached hydrogen (secondary N) is 1. The molecule has 0 saturated carbocycles. The van der Waals surface area contributed by atoms with Gasteiger partial charge in [0.15, 0.2) is 0 Å². The molecule has 1 aromatic heterocycles. The van der Waals surface area contributed by atoms with E-state index < -0.39 is 17.8 Å². The first kappa shape index (κ1) is 26.9. The third-order valence-electron chi connectivity index (χ3n) is 6.37. The number of amides is 1. The zero-order valence-corrected chi connectivity index (χ0v) is 22.1. The van der Waals surface area contributed by atoms with E-state index in [0.717, 1.165) is 28.8 Å². The van der Waals surface area contributed by atoms with E-state index in [9.17, 15) is 18.0 Å². The Labute approximate surface area is 219 Å². The van der Waals surface area contributed by atoms with Gasteiger partial charge >= 0.3 is 6.18 Å². The Bertz CT molecular complexity index is 1520. The second kappa shape index (κ2) is 10.3. The number of benzene rings is 3. The molecule has 38 heavy (non-hydrogen) atoms. The monoisotopic (exact) mass is 522 g/mol. The van der Waals surface area contributed by atoms with Gasteiger partial charge in [-0.1, -0.05) is 24.3 Å². The topological polar surface area (TPSA) is 67.4 Å². The highest BCUT2D eigenvalue weighted by atomic mass is 19.4. The van der Waals surface area contributed by atoms with Gasteiger partial charge < -0.3 is 15.0 Å². The van der Waals surface area contributed by atoms with E-state index in [2.05, 4.69) is 15.3 Å². The molecule has 0 aliphatic carbocycles. The summed E-state index contributed by atoms with van der Waals surface area (Å²) in [5.74, 6) is 1.52. The number of methoxy groups -OCH3 is 1. The largest absolute Gasteiger partial charge is 0.496 e. The molecule has 0 radical (unpaired) electrons. The summed E-state index contributed by atoms with van der Waals surface area (Å²) in [4.78, 5) is 23.1. The smallest absolute Gasteiger partial charge is 0.416 e. The number of aromatic nitrogens is 2. The molecule has 0 aliphatic heterocycles. The predicted molar refractivity (Wildman–Crippen MR) is 142 cm³/mol. The molecular weight excluding hydrogens is 493 g/mol. The van der Waals surface area contributed by atoms with Gasteiger partial charge in [-0.05, 0) is 61.7 Å². The van der Waals surface area contributed by atoms with Crippen molar-refractivity contribution in [2.24, 2.45) is 0 Å². The van der Waals surface area contributed by atoms with Crippen LogP contribution < -0.4 is 10.1 Å². The highest BCUT2D eigenvalue weighted by Gasteiger charge is 2.30. The van der Waals surface area contributed by atoms with Gasteiger partial charge in [0.2, 0.25) is 0 Å². The molecule has 4 rings (SSSR count). The molecule has 0 spiro atoms. The van der Waals surface area contributed by atoms with Gasteiger partial charge in [0.25, 0.3) is 5.91 Å². The van der Waals surface area contributed by atoms with Crippen LogP contribution in [0.5, 0.6) is 5.75 Å². The Morgan fingerprint density at radius 3 is 2.39 bits per heavy atom. The van der Waals surface area contributed by atoms with Crippen molar-refractivity contribution in [1.82, 2.24) is 14.9 Å². The van der Waals surface area contributed by atoms with Crippen molar-refractivity contribution in [2.45, 2.75) is 33.0 Å². The average Bonchev–Trinajstić information content (AvgIpc) is 2.86. The maximum atomic E-state index is 13.3. The third kappa shape index (κ3) is 5.41. The Morgan fingerprint density at radius 1 is 1.03 bits per heavy atom. The molecule has 1 amide bonds. The molecule has 0 aliphatic rings. The van der Waals surface area contributed by atoms with E-state index in [1.807, 2.05) is 31.2 Å². The van der Waals surface area contributed by atoms with E-state index >= 15 is 0 Å². The lowest BCUT2D eigenvalue weighted by Gasteiger charge is -2.19. The summed E-state index contributed by atoms with van der Waals surface area (Å²) in [5.41, 5.74) is 3.45. The molecule has 0 fully saturated rings. The molecule has 198 valence electrons. The molecule has 9 heteroatoms. The first-order chi connectivity index (χ1) is 17.9. The predicted octanol–water partition coefficient (Wildman–Crippen LogP) is 6.82. The van der Waals surface area contributed by atoms with Crippen molar-refractivity contribution >= 4 is 22.6 Å². The van der Waals surface area contributed by atoms with Crippen LogP contribution in [0.3, 0.4) is 0 Å². The maximum Gasteiger partial charge on any atom is 0.416 e. The number of carbonyl (C=O) groups is 1. The molecule has 6 nitrogen and oxygen atoms in total. The fourth-order valence-corrected chi connectivity index (χ4v) is 4.36. The first-order valence-corrected chi connectivity index (χ1v) is 12.0. The van der Waals surface area contributed by atoms with Crippen LogP contribution in [0.4, 0.5) is 19.0 Å². The summed E-state index contributed by atoms with van der Waals surface area (Å²) < 4.78 is 45.5. The fourth-order valence-electron chi connectivity index (χ4n) is 4.36. The van der Waals surface area contributed by atoms with Crippen LogP contribution in [0.25, 0.3) is 22.0 Å². The first-order valence-electron chi connectivity index (χ1n) is 12.0. The molecule has 1 heterocycles. The van der Waals surface area contributed by atoms with Crippen LogP contribution in [0.15, 0.2) is 54.6 Å². The van der Waals surface area contributed by atoms with E-state index in [0.29, 0.717) is 39.4 Å². The lowest BCUT2D eigenvalue weighted by Crippen LogP contribution is -2.22. The Kier molecular flexibility index (Phi) is 7.31. The molecule has 0 saturated heterocycles. The van der Waals surface area contributed by atoms with Crippen molar-refractivity contribution in [1.29, 1.82) is 0 Å². The van der Waals surface area contributed by atoms with Crippen molar-refractivity contribution in [2.75, 3.05) is 26.5 Å². The van der Waals surface area contributed by atoms with Crippen molar-refractivity contribution < 1.29 is 22.7 Å². The minimum atomic E-state index is -4.43. The van der Waals surface area contributed by atoms with E-state index in [1.165, 1.54) is 11.0 Å². The minimum absolute atomic E-state index is 0.0848. The van der Waals surface area contributed by atoms with Crippen LogP contribution in [-0.2, 0) is 6.18 Å². The van der Waals surface area contributed by atoms with Crippen molar-refractivity contribution in [3.8, 4) is 16.9 Å². The fraction of sp³-hybridized carbons (Fsp3) is 0.276. The summed E-state index contributed by atoms with van der Waals surface area (Å²) >= 11 is 0. The number of fused-ring (bicyclic) bond motifs is 1. The standard InChI is InChI=1S/C29H29F3N4O2/c1-16-12-20(10-11-22(16)28(37)36(4)5)23-14-24-25(15-26(23)38-6)34-18(3)35-27(24)33-17(2)19-8-7-9-21(13-19)29(30,31)32/h7-15,17H,1-6H3,(H,33,34,35)/t17-/m0/s1. The molecular formula is C29H29F3N4O2. The molecule has 0 unspecified atom stereocenters. The summed E-state index contributed by atoms with van der Waals surface area (Å²) in [6, 6.07) is 14.1. The van der Waals surface area contributed by atoms with Gasteiger partial charge in [0.1, 0.15) is 17.4 Å². The Morgan fingerprint density at radius 2 is 1.76 bits per heavy atom. The highest BCUT2D eigenvalue weighted by Crippen LogP contribution is 2.38. The number of halogens is 3. The number of carbonyl (C=O) groups excluding carboxylic acids is 1. The minimum Gasteiger partial charge on any atom is -0.496 e. The van der Waals surface area contributed by atoms with Crippen molar-refractivity contribution in [3.05, 3.63) is 82.7 Å². The number of aryl methyl sites for hydroxylation is 2. The second-order valence-electron chi connectivity index (χ2n) is 9.41. The number of nitrogens with zero attached hydrogens (tertiary/aromatic N) is 3. The van der Waals surface area contributed by atoms with Gasteiger partial charge in [-0.3, -0.25) is 4.79 Å². The molecule has 4 aromatic rings. The molecule has 3 aromatic carbocycles. The van der Waals surface area contributed by atoms with E-state index in [4.69, 9.17) is 4.74 Å². The SMILES string of the molecule is COc1cc2nc(C)nc(N[C@@H](C)c3cccc(C(F)(F)F)c3)c2cc1-c1ccc(C(=O)N(C)C)c(C)c1. The van der Waals surface area contributed by atoms with Crippen molar-refractivity contribution in [3.63, 3.8) is 0 Å². The van der Waals surface area contributed by atoms with Crippen LogP contribution in [0, 0.1) is 13.8 Å². The van der Waals surface area contributed by atoms with Crippen LogP contribution in [0.1, 0.15) is 45.8 Å². The zero-order valence-electron chi connectivity index (χ0n) is 22.1. The lowest BCUT2D eigenvalue weighted by atomic mass is 9.97. The van der Waals surface area contributed by atoms with Gasteiger partial charge in [0.05, 0.1) is 18.2 Å². The van der Waals surface area contributed by atoms with Crippen LogP contribution >= 0.6 is 0 Å². The average molecular weight is 523 g/mol. The number of hydrogen-bond acceptors (Lipinski definition) is 5. The normalized spacial score (nSPS) is 12.3. The van der Waals surface area contributed by atoms with Gasteiger partial charge in [-0.15, -0.1) is 0 Å². The second-order valence-corrected chi connectivity index (χ2v) is 9.41. The van der Waals surface area contributed by atoms with E-state index in [-0.39, 0.29) is 5.91 Å². The maximum absolute atomic E-state index is 13.3. The lowest BCUT2D eigenvalue weighted by molar-refractivity contribution is -0.137. The molecule has 1 atom stereocenters. The highest BCUT2D eigenvalue weighted by molar-refractivity contribution is 5.98. The quantitative estimate of drug-likeness (QED) is 0.301.